The predicted octanol–water partition coefficient (Wildman–Crippen LogP) is 6.35. The van der Waals surface area contributed by atoms with Crippen LogP contribution in [0.5, 0.6) is 0 Å². The van der Waals surface area contributed by atoms with Gasteiger partial charge in [-0.3, -0.25) is 4.79 Å². The van der Waals surface area contributed by atoms with E-state index in [1.165, 1.54) is 11.3 Å². The molecule has 1 N–H and O–H groups in total. The van der Waals surface area contributed by atoms with E-state index in [1.807, 2.05) is 38.7 Å². The summed E-state index contributed by atoms with van der Waals surface area (Å²) in [6, 6.07) is 1.84. The number of carboxylic acids is 1. The van der Waals surface area contributed by atoms with Crippen molar-refractivity contribution >= 4 is 28.9 Å². The van der Waals surface area contributed by atoms with Crippen molar-refractivity contribution in [2.75, 3.05) is 11.5 Å². The van der Waals surface area contributed by atoms with Crippen LogP contribution in [0.3, 0.4) is 0 Å². The lowest BCUT2D eigenvalue weighted by Gasteiger charge is -2.39. The van der Waals surface area contributed by atoms with Crippen molar-refractivity contribution < 1.29 is 19.4 Å². The Bertz CT molecular complexity index is 887. The van der Waals surface area contributed by atoms with Gasteiger partial charge in [0.05, 0.1) is 16.7 Å². The highest BCUT2D eigenvalue weighted by atomic mass is 32.1. The number of anilines is 1. The number of ether oxygens (including phenoxy) is 1. The second-order valence-corrected chi connectivity index (χ2v) is 11.7. The molecule has 0 aliphatic heterocycles. The summed E-state index contributed by atoms with van der Waals surface area (Å²) in [5.74, 6) is 6.08. The van der Waals surface area contributed by atoms with E-state index in [2.05, 4.69) is 18.8 Å². The molecule has 1 heterocycles. The summed E-state index contributed by atoms with van der Waals surface area (Å²) in [5.41, 5.74) is 0.355. The van der Waals surface area contributed by atoms with Crippen LogP contribution < -0.4 is 4.90 Å². The first-order chi connectivity index (χ1) is 15.6. The van der Waals surface area contributed by atoms with Crippen molar-refractivity contribution in [3.8, 4) is 11.8 Å². The number of thiophene rings is 1. The minimum Gasteiger partial charge on any atom is -0.477 e. The molecule has 1 amide bonds. The average molecular weight is 474 g/mol. The molecule has 0 saturated heterocycles. The monoisotopic (exact) mass is 473 g/mol. The molecule has 0 atom stereocenters. The summed E-state index contributed by atoms with van der Waals surface area (Å²) in [4.78, 5) is 28.9. The number of aromatic carboxylic acids is 1. The molecule has 2 saturated carbocycles. The van der Waals surface area contributed by atoms with E-state index in [-0.39, 0.29) is 34.3 Å². The first-order valence-corrected chi connectivity index (χ1v) is 13.3. The normalized spacial score (nSPS) is 25.7. The second-order valence-electron chi connectivity index (χ2n) is 10.7. The molecule has 2 aliphatic carbocycles. The Labute approximate surface area is 202 Å². The Kier molecular flexibility index (Phi) is 8.64. The first kappa shape index (κ1) is 25.8. The Hall–Kier alpha value is -1.84. The molecule has 0 unspecified atom stereocenters. The van der Waals surface area contributed by atoms with Crippen LogP contribution in [0, 0.1) is 29.1 Å². The van der Waals surface area contributed by atoms with Gasteiger partial charge in [-0.25, -0.2) is 4.79 Å². The lowest BCUT2D eigenvalue weighted by molar-refractivity contribution is -0.124. The van der Waals surface area contributed by atoms with Gasteiger partial charge in [-0.1, -0.05) is 18.8 Å². The molecule has 182 valence electrons. The number of amides is 1. The molecule has 0 aromatic carbocycles. The molecule has 0 spiro atoms. The average Bonchev–Trinajstić information content (AvgIpc) is 3.18. The molecule has 2 aliphatic rings. The predicted molar refractivity (Wildman–Crippen MR) is 134 cm³/mol. The lowest BCUT2D eigenvalue weighted by atomic mass is 9.81. The van der Waals surface area contributed by atoms with Crippen molar-refractivity contribution in [1.29, 1.82) is 0 Å². The second kappa shape index (κ2) is 11.1. The van der Waals surface area contributed by atoms with Crippen LogP contribution in [0.1, 0.15) is 101 Å². The van der Waals surface area contributed by atoms with Crippen molar-refractivity contribution in [1.82, 2.24) is 0 Å². The summed E-state index contributed by atoms with van der Waals surface area (Å²) >= 11 is 1.18. The molecule has 0 bridgehead atoms. The fourth-order valence-electron chi connectivity index (χ4n) is 4.93. The fraction of sp³-hybridized carbons (Fsp3) is 0.704. The maximum Gasteiger partial charge on any atom is 0.348 e. The summed E-state index contributed by atoms with van der Waals surface area (Å²) in [5, 5.41) is 10.00. The van der Waals surface area contributed by atoms with Crippen LogP contribution in [0.15, 0.2) is 6.07 Å². The summed E-state index contributed by atoms with van der Waals surface area (Å²) < 4.78 is 5.82. The Morgan fingerprint density at radius 3 is 2.30 bits per heavy atom. The van der Waals surface area contributed by atoms with Crippen LogP contribution in [-0.4, -0.2) is 35.7 Å². The number of rotatable bonds is 6. The van der Waals surface area contributed by atoms with E-state index in [0.717, 1.165) is 51.4 Å². The van der Waals surface area contributed by atoms with Crippen LogP contribution in [-0.2, 0) is 9.53 Å². The Morgan fingerprint density at radius 1 is 1.12 bits per heavy atom. The van der Waals surface area contributed by atoms with Gasteiger partial charge in [0, 0.05) is 24.0 Å². The van der Waals surface area contributed by atoms with Gasteiger partial charge in [-0.2, -0.15) is 0 Å². The van der Waals surface area contributed by atoms with Gasteiger partial charge in [0.25, 0.3) is 0 Å². The van der Waals surface area contributed by atoms with Gasteiger partial charge < -0.3 is 14.7 Å². The quantitative estimate of drug-likeness (QED) is 0.489. The van der Waals surface area contributed by atoms with Gasteiger partial charge in [0.15, 0.2) is 0 Å². The Morgan fingerprint density at radius 2 is 1.76 bits per heavy atom. The number of hydrogen-bond donors (Lipinski definition) is 1. The summed E-state index contributed by atoms with van der Waals surface area (Å²) in [6.07, 6.45) is 7.56. The zero-order chi connectivity index (χ0) is 24.2. The maximum absolute atomic E-state index is 13.9. The smallest absolute Gasteiger partial charge is 0.348 e. The first-order valence-electron chi connectivity index (χ1n) is 12.4. The Balaban J connectivity index is 1.96. The van der Waals surface area contributed by atoms with Crippen molar-refractivity contribution in [3.63, 3.8) is 0 Å². The van der Waals surface area contributed by atoms with E-state index in [4.69, 9.17) is 4.74 Å². The van der Waals surface area contributed by atoms with Crippen LogP contribution in [0.4, 0.5) is 5.69 Å². The highest BCUT2D eigenvalue weighted by molar-refractivity contribution is 7.15. The van der Waals surface area contributed by atoms with Crippen molar-refractivity contribution in [2.24, 2.45) is 17.3 Å². The molecular formula is C27H39NO4S. The minimum atomic E-state index is -0.989. The number of carbonyl (C=O) groups is 2. The zero-order valence-electron chi connectivity index (χ0n) is 20.8. The third kappa shape index (κ3) is 6.83. The molecule has 0 radical (unpaired) electrons. The topological polar surface area (TPSA) is 66.8 Å². The standard InChI is InChI=1S/C27H39NO4S/c1-6-32-21-13-11-20(12-14-21)28(25(29)19-9-7-18(2)8-10-19)23-17-22(15-16-27(3,4)5)33-24(23)26(30)31/h17-21H,6-14H2,1-5H3,(H,30,31)/t18?,19?,20-,21-. The number of nitrogens with zero attached hydrogens (tertiary/aromatic N) is 1. The number of hydrogen-bond acceptors (Lipinski definition) is 4. The molecule has 2 fully saturated rings. The van der Waals surface area contributed by atoms with E-state index in [1.54, 1.807) is 0 Å². The van der Waals surface area contributed by atoms with E-state index in [0.29, 0.717) is 23.1 Å². The van der Waals surface area contributed by atoms with Gasteiger partial charge in [-0.15, -0.1) is 11.3 Å². The van der Waals surface area contributed by atoms with Gasteiger partial charge in [0.1, 0.15) is 4.88 Å². The van der Waals surface area contributed by atoms with Crippen LogP contribution in [0.2, 0.25) is 0 Å². The summed E-state index contributed by atoms with van der Waals surface area (Å²) in [6.45, 7) is 11.0. The van der Waals surface area contributed by atoms with Crippen LogP contribution in [0.25, 0.3) is 0 Å². The summed E-state index contributed by atoms with van der Waals surface area (Å²) in [7, 11) is 0. The van der Waals surface area contributed by atoms with Gasteiger partial charge >= 0.3 is 5.97 Å². The van der Waals surface area contributed by atoms with Crippen molar-refractivity contribution in [3.05, 3.63) is 15.8 Å². The minimum absolute atomic E-state index is 0.00433. The highest BCUT2D eigenvalue weighted by Gasteiger charge is 2.37. The highest BCUT2D eigenvalue weighted by Crippen LogP contribution is 2.39. The fourth-order valence-corrected chi connectivity index (χ4v) is 5.77. The SMILES string of the molecule is CCO[C@H]1CC[C@H](N(C(=O)C2CCC(C)CC2)c2cc(C#CC(C)(C)C)sc2C(=O)O)CC1. The molecule has 1 aromatic rings. The van der Waals surface area contributed by atoms with Gasteiger partial charge in [0.2, 0.25) is 5.91 Å². The third-order valence-electron chi connectivity index (χ3n) is 6.74. The molecule has 5 nitrogen and oxygen atoms in total. The largest absolute Gasteiger partial charge is 0.477 e. The zero-order valence-corrected chi connectivity index (χ0v) is 21.6. The molecular weight excluding hydrogens is 434 g/mol. The molecule has 1 aromatic heterocycles. The number of carboxylic acid groups (broad SMARTS) is 1. The van der Waals surface area contributed by atoms with Gasteiger partial charge in [-0.05, 0) is 91.0 Å². The number of carbonyl (C=O) groups excluding carboxylic acids is 1. The van der Waals surface area contributed by atoms with E-state index >= 15 is 0 Å². The van der Waals surface area contributed by atoms with Crippen LogP contribution >= 0.6 is 11.3 Å². The van der Waals surface area contributed by atoms with E-state index in [9.17, 15) is 14.7 Å². The lowest BCUT2D eigenvalue weighted by Crippen LogP contribution is -2.47. The third-order valence-corrected chi connectivity index (χ3v) is 7.77. The molecule has 3 rings (SSSR count). The van der Waals surface area contributed by atoms with Crippen molar-refractivity contribution in [2.45, 2.75) is 98.1 Å². The molecule has 33 heavy (non-hydrogen) atoms. The van der Waals surface area contributed by atoms with E-state index < -0.39 is 5.97 Å². The maximum atomic E-state index is 13.9. The molecule has 6 heteroatoms.